The van der Waals surface area contributed by atoms with Crippen molar-refractivity contribution in [3.05, 3.63) is 23.7 Å². The first-order chi connectivity index (χ1) is 6.74. The van der Waals surface area contributed by atoms with Gasteiger partial charge in [-0.2, -0.15) is 11.8 Å². The quantitative estimate of drug-likeness (QED) is 0.753. The minimum Gasteiger partial charge on any atom is -0.468 e. The van der Waals surface area contributed by atoms with Crippen molar-refractivity contribution >= 4 is 11.8 Å². The van der Waals surface area contributed by atoms with Gasteiger partial charge in [-0.25, -0.2) is 0 Å². The molecule has 1 atom stereocenters. The maximum Gasteiger partial charge on any atom is 0.116 e. The SMILES string of the molecule is CNCC(O)CSCc1occc1C. The molecule has 1 rings (SSSR count). The summed E-state index contributed by atoms with van der Waals surface area (Å²) in [6, 6.07) is 1.96. The molecule has 0 saturated heterocycles. The molecule has 0 aliphatic carbocycles. The van der Waals surface area contributed by atoms with Gasteiger partial charge in [0.1, 0.15) is 5.76 Å². The van der Waals surface area contributed by atoms with Gasteiger partial charge in [0.2, 0.25) is 0 Å². The fourth-order valence-corrected chi connectivity index (χ4v) is 2.12. The molecular weight excluding hydrogens is 198 g/mol. The molecule has 2 N–H and O–H groups in total. The lowest BCUT2D eigenvalue weighted by Gasteiger charge is -2.08. The van der Waals surface area contributed by atoms with Gasteiger partial charge >= 0.3 is 0 Å². The third kappa shape index (κ3) is 3.74. The molecule has 0 spiro atoms. The van der Waals surface area contributed by atoms with E-state index < -0.39 is 0 Å². The van der Waals surface area contributed by atoms with Crippen LogP contribution in [-0.2, 0) is 5.75 Å². The lowest BCUT2D eigenvalue weighted by Crippen LogP contribution is -2.25. The number of aliphatic hydroxyl groups excluding tert-OH is 1. The lowest BCUT2D eigenvalue weighted by atomic mass is 10.3. The number of furan rings is 1. The summed E-state index contributed by atoms with van der Waals surface area (Å²) >= 11 is 1.69. The maximum atomic E-state index is 9.43. The van der Waals surface area contributed by atoms with E-state index in [9.17, 15) is 5.11 Å². The molecule has 0 aromatic carbocycles. The Morgan fingerprint density at radius 2 is 2.43 bits per heavy atom. The monoisotopic (exact) mass is 215 g/mol. The molecule has 0 aliphatic heterocycles. The fourth-order valence-electron chi connectivity index (χ4n) is 1.13. The predicted molar refractivity (Wildman–Crippen MR) is 59.5 cm³/mol. The number of nitrogens with one attached hydrogen (secondary N) is 1. The Bertz CT molecular complexity index is 262. The van der Waals surface area contributed by atoms with Crippen molar-refractivity contribution in [3.63, 3.8) is 0 Å². The molecule has 0 aliphatic rings. The van der Waals surface area contributed by atoms with Crippen molar-refractivity contribution in [1.82, 2.24) is 5.32 Å². The number of rotatable bonds is 6. The second-order valence-corrected chi connectivity index (χ2v) is 4.28. The van der Waals surface area contributed by atoms with Crippen molar-refractivity contribution in [1.29, 1.82) is 0 Å². The fraction of sp³-hybridized carbons (Fsp3) is 0.600. The molecule has 1 aromatic heterocycles. The molecule has 0 amide bonds. The largest absolute Gasteiger partial charge is 0.468 e. The van der Waals surface area contributed by atoms with E-state index >= 15 is 0 Å². The summed E-state index contributed by atoms with van der Waals surface area (Å²) in [6.45, 7) is 2.67. The van der Waals surface area contributed by atoms with E-state index in [0.717, 1.165) is 17.3 Å². The summed E-state index contributed by atoms with van der Waals surface area (Å²) < 4.78 is 5.29. The summed E-state index contributed by atoms with van der Waals surface area (Å²) in [5.41, 5.74) is 1.18. The predicted octanol–water partition coefficient (Wildman–Crippen LogP) is 1.40. The summed E-state index contributed by atoms with van der Waals surface area (Å²) in [5.74, 6) is 2.58. The number of thioether (sulfide) groups is 1. The van der Waals surface area contributed by atoms with Gasteiger partial charge in [0.05, 0.1) is 18.1 Å². The van der Waals surface area contributed by atoms with Crippen molar-refractivity contribution in [3.8, 4) is 0 Å². The number of aryl methyl sites for hydroxylation is 1. The normalized spacial score (nSPS) is 13.1. The molecule has 14 heavy (non-hydrogen) atoms. The van der Waals surface area contributed by atoms with Gasteiger partial charge in [0, 0.05) is 12.3 Å². The number of hydrogen-bond acceptors (Lipinski definition) is 4. The van der Waals surface area contributed by atoms with Crippen LogP contribution in [0.3, 0.4) is 0 Å². The van der Waals surface area contributed by atoms with Crippen LogP contribution in [0.25, 0.3) is 0 Å². The van der Waals surface area contributed by atoms with Crippen LogP contribution in [0, 0.1) is 6.92 Å². The Balaban J connectivity index is 2.19. The molecule has 0 radical (unpaired) electrons. The number of hydrogen-bond donors (Lipinski definition) is 2. The third-order valence-corrected chi connectivity index (χ3v) is 3.04. The Labute approximate surface area is 88.9 Å². The van der Waals surface area contributed by atoms with E-state index in [1.807, 2.05) is 20.0 Å². The average Bonchev–Trinajstić information content (AvgIpc) is 2.52. The van der Waals surface area contributed by atoms with Crippen molar-refractivity contribution in [2.45, 2.75) is 18.8 Å². The van der Waals surface area contributed by atoms with Gasteiger partial charge in [0.25, 0.3) is 0 Å². The molecular formula is C10H17NO2S. The van der Waals surface area contributed by atoms with Crippen LogP contribution < -0.4 is 5.32 Å². The highest BCUT2D eigenvalue weighted by Gasteiger charge is 2.05. The van der Waals surface area contributed by atoms with Gasteiger partial charge < -0.3 is 14.8 Å². The summed E-state index contributed by atoms with van der Waals surface area (Å²) in [4.78, 5) is 0. The van der Waals surface area contributed by atoms with Crippen LogP contribution in [0.2, 0.25) is 0 Å². The topological polar surface area (TPSA) is 45.4 Å². The van der Waals surface area contributed by atoms with Crippen LogP contribution in [0.5, 0.6) is 0 Å². The second kappa shape index (κ2) is 6.11. The molecule has 3 nitrogen and oxygen atoms in total. The second-order valence-electron chi connectivity index (χ2n) is 3.25. The molecule has 1 heterocycles. The standard InChI is InChI=1S/C10H17NO2S/c1-8-3-4-13-10(8)7-14-6-9(12)5-11-2/h3-4,9,11-12H,5-7H2,1-2H3. The molecule has 0 fully saturated rings. The van der Waals surface area contributed by atoms with E-state index in [4.69, 9.17) is 4.42 Å². The van der Waals surface area contributed by atoms with Gasteiger partial charge in [-0.1, -0.05) is 0 Å². The third-order valence-electron chi connectivity index (χ3n) is 1.95. The van der Waals surface area contributed by atoms with Gasteiger partial charge in [-0.15, -0.1) is 0 Å². The van der Waals surface area contributed by atoms with E-state index in [0.29, 0.717) is 6.54 Å². The van der Waals surface area contributed by atoms with Crippen molar-refractivity contribution < 1.29 is 9.52 Å². The zero-order chi connectivity index (χ0) is 10.4. The highest BCUT2D eigenvalue weighted by atomic mass is 32.2. The summed E-state index contributed by atoms with van der Waals surface area (Å²) in [5, 5.41) is 12.4. The number of likely N-dealkylation sites (N-methyl/N-ethyl adjacent to an activating group) is 1. The van der Waals surface area contributed by atoms with Gasteiger partial charge in [-0.05, 0) is 25.6 Å². The van der Waals surface area contributed by atoms with Crippen molar-refractivity contribution in [2.24, 2.45) is 0 Å². The molecule has 1 aromatic rings. The van der Waals surface area contributed by atoms with Crippen LogP contribution in [-0.4, -0.2) is 30.6 Å². The van der Waals surface area contributed by atoms with Crippen LogP contribution >= 0.6 is 11.8 Å². The Morgan fingerprint density at radius 3 is 3.00 bits per heavy atom. The van der Waals surface area contributed by atoms with Crippen molar-refractivity contribution in [2.75, 3.05) is 19.3 Å². The molecule has 0 saturated carbocycles. The average molecular weight is 215 g/mol. The van der Waals surface area contributed by atoms with Gasteiger partial charge in [-0.3, -0.25) is 0 Å². The summed E-state index contributed by atoms with van der Waals surface area (Å²) in [7, 11) is 1.84. The molecule has 4 heteroatoms. The first-order valence-electron chi connectivity index (χ1n) is 4.67. The minimum atomic E-state index is -0.278. The van der Waals surface area contributed by atoms with Crippen LogP contribution in [0.4, 0.5) is 0 Å². The Morgan fingerprint density at radius 1 is 1.64 bits per heavy atom. The van der Waals surface area contributed by atoms with Crippen LogP contribution in [0.1, 0.15) is 11.3 Å². The lowest BCUT2D eigenvalue weighted by molar-refractivity contribution is 0.199. The summed E-state index contributed by atoms with van der Waals surface area (Å²) in [6.07, 6.45) is 1.43. The first-order valence-corrected chi connectivity index (χ1v) is 5.83. The zero-order valence-electron chi connectivity index (χ0n) is 8.62. The Kier molecular flexibility index (Phi) is 5.07. The zero-order valence-corrected chi connectivity index (χ0v) is 9.43. The highest BCUT2D eigenvalue weighted by molar-refractivity contribution is 7.98. The van der Waals surface area contributed by atoms with E-state index in [-0.39, 0.29) is 6.10 Å². The molecule has 0 bridgehead atoms. The minimum absolute atomic E-state index is 0.278. The number of aliphatic hydroxyl groups is 1. The Hall–Kier alpha value is -0.450. The molecule has 80 valence electrons. The van der Waals surface area contributed by atoms with Gasteiger partial charge in [0.15, 0.2) is 0 Å². The van der Waals surface area contributed by atoms with E-state index in [1.54, 1.807) is 18.0 Å². The maximum absolute atomic E-state index is 9.43. The first kappa shape index (κ1) is 11.6. The highest BCUT2D eigenvalue weighted by Crippen LogP contribution is 2.17. The van der Waals surface area contributed by atoms with Crippen LogP contribution in [0.15, 0.2) is 16.7 Å². The van der Waals surface area contributed by atoms with E-state index in [2.05, 4.69) is 5.32 Å². The molecule has 1 unspecified atom stereocenters. The van der Waals surface area contributed by atoms with E-state index in [1.165, 1.54) is 5.56 Å². The smallest absolute Gasteiger partial charge is 0.116 e.